The monoisotopic (exact) mass is 1060 g/mol. The van der Waals surface area contributed by atoms with Gasteiger partial charge in [-0.3, -0.25) is 5.41 Å². The number of ether oxygens (including phenoxy) is 8. The smallest absolute Gasteiger partial charge is 0.265 e. The lowest BCUT2D eigenvalue weighted by atomic mass is 9.78. The lowest BCUT2D eigenvalue weighted by molar-refractivity contribution is -0.300. The zero-order chi connectivity index (χ0) is 51.5. The molecule has 16 heteroatoms. The van der Waals surface area contributed by atoms with Gasteiger partial charge in [0, 0.05) is 41.4 Å². The molecule has 0 aliphatic carbocycles. The fraction of sp³-hybridized carbons (Fsp3) is 0.981. The molecule has 68 heavy (non-hydrogen) atoms. The summed E-state index contributed by atoms with van der Waals surface area (Å²) >= 11 is 20.4. The minimum Gasteiger partial charge on any atom is -0.448 e. The van der Waals surface area contributed by atoms with Crippen LogP contribution < -0.4 is 0 Å². The van der Waals surface area contributed by atoms with E-state index in [9.17, 15) is 5.11 Å². The highest BCUT2D eigenvalue weighted by Crippen LogP contribution is 2.44. The maximum atomic E-state index is 9.94. The van der Waals surface area contributed by atoms with Crippen LogP contribution >= 0.6 is 58.3 Å². The Hall–Kier alpha value is 0.680. The van der Waals surface area contributed by atoms with Gasteiger partial charge in [0.05, 0.1) is 55.9 Å². The third-order valence-electron chi connectivity index (χ3n) is 17.0. The first-order valence-corrected chi connectivity index (χ1v) is 29.5. The van der Waals surface area contributed by atoms with E-state index in [1.54, 1.807) is 11.8 Å². The van der Waals surface area contributed by atoms with Crippen LogP contribution in [0.5, 0.6) is 0 Å². The van der Waals surface area contributed by atoms with Crippen molar-refractivity contribution in [3.63, 3.8) is 0 Å². The molecule has 25 atom stereocenters. The SMILES string of the molecule is CCC1O[C@H](OC(=N)C(Cl)(Cl)Cl)C(C)[C@@H](C)[C@@H]1C.CCS[C@H]1OC(CO)[C@@H](C)[C@H](O)C1C.CCS[C@H]1OC(CO[C@H]2OC(CC)[C@@H](C)C(C)[C@H]2C)[C@@H](C)[C@H](O[C@@H]2OC(CC)[C@H](C)C(C)[C@@H]2C)C1C. The highest BCUT2D eigenvalue weighted by atomic mass is 35.6. The highest BCUT2D eigenvalue weighted by molar-refractivity contribution is 7.99. The second-order valence-electron chi connectivity index (χ2n) is 21.1. The summed E-state index contributed by atoms with van der Waals surface area (Å²) in [5.41, 5.74) is 0.109. The van der Waals surface area contributed by atoms with Crippen LogP contribution in [0.4, 0.5) is 0 Å². The number of halogens is 3. The Labute approximate surface area is 437 Å². The third kappa shape index (κ3) is 16.1. The largest absolute Gasteiger partial charge is 0.448 e. The van der Waals surface area contributed by atoms with E-state index in [2.05, 4.69) is 104 Å². The predicted molar refractivity (Wildman–Crippen MR) is 283 cm³/mol. The fourth-order valence-corrected chi connectivity index (χ4v) is 12.9. The fourth-order valence-electron chi connectivity index (χ4n) is 10.8. The van der Waals surface area contributed by atoms with Crippen molar-refractivity contribution >= 4 is 64.2 Å². The molecule has 5 saturated heterocycles. The van der Waals surface area contributed by atoms with Gasteiger partial charge in [0.2, 0.25) is 12.2 Å². The van der Waals surface area contributed by atoms with Crippen molar-refractivity contribution in [3.8, 4) is 0 Å². The van der Waals surface area contributed by atoms with Gasteiger partial charge in [0.1, 0.15) is 10.9 Å². The van der Waals surface area contributed by atoms with Crippen LogP contribution in [-0.4, -0.2) is 117 Å². The van der Waals surface area contributed by atoms with E-state index >= 15 is 0 Å². The summed E-state index contributed by atoms with van der Waals surface area (Å²) in [6, 6.07) is 0. The Morgan fingerprint density at radius 3 is 1.35 bits per heavy atom. The van der Waals surface area contributed by atoms with Gasteiger partial charge in [-0.25, -0.2) is 0 Å². The molecule has 3 N–H and O–H groups in total. The molecule has 0 saturated carbocycles. The summed E-state index contributed by atoms with van der Waals surface area (Å²) in [5, 5.41) is 26.7. The van der Waals surface area contributed by atoms with E-state index in [1.165, 1.54) is 0 Å². The number of hydrogen-bond donors (Lipinski definition) is 3. The number of hydrogen-bond acceptors (Lipinski definition) is 13. The molecule has 5 rings (SSSR count). The second-order valence-corrected chi connectivity index (χ2v) is 26.1. The predicted octanol–water partition coefficient (Wildman–Crippen LogP) is 12.7. The van der Waals surface area contributed by atoms with Crippen LogP contribution in [0.2, 0.25) is 0 Å². The minimum absolute atomic E-state index is 0.00821. The molecule has 0 aromatic heterocycles. The topological polar surface area (TPSA) is 138 Å². The van der Waals surface area contributed by atoms with Crippen LogP contribution in [0.15, 0.2) is 0 Å². The van der Waals surface area contributed by atoms with Gasteiger partial charge in [0.25, 0.3) is 3.79 Å². The van der Waals surface area contributed by atoms with Crippen molar-refractivity contribution in [2.45, 2.75) is 220 Å². The molecule has 0 aromatic rings. The number of thioether (sulfide) groups is 2. The summed E-state index contributed by atoms with van der Waals surface area (Å²) in [6.07, 6.45) is 2.15. The van der Waals surface area contributed by atoms with E-state index in [-0.39, 0.29) is 108 Å². The van der Waals surface area contributed by atoms with Gasteiger partial charge in [-0.2, -0.15) is 0 Å². The molecule has 5 heterocycles. The van der Waals surface area contributed by atoms with Crippen molar-refractivity contribution < 1.29 is 48.1 Å². The Morgan fingerprint density at radius 2 is 0.912 bits per heavy atom. The average molecular weight is 1070 g/mol. The maximum Gasteiger partial charge on any atom is 0.265 e. The molecule has 5 fully saturated rings. The molecule has 0 radical (unpaired) electrons. The Bertz CT molecular complexity index is 1450. The van der Waals surface area contributed by atoms with Gasteiger partial charge in [-0.1, -0.05) is 159 Å². The van der Waals surface area contributed by atoms with Gasteiger partial charge in [-0.05, 0) is 66.3 Å². The number of aliphatic hydroxyl groups excluding tert-OH is 2. The number of aliphatic hydroxyl groups is 2. The lowest BCUT2D eigenvalue weighted by Crippen LogP contribution is -2.55. The molecular weight excluding hydrogens is 969 g/mol. The van der Waals surface area contributed by atoms with E-state index in [0.717, 1.165) is 30.8 Å². The summed E-state index contributed by atoms with van der Waals surface area (Å²) in [5.74, 6) is 6.22. The summed E-state index contributed by atoms with van der Waals surface area (Å²) in [7, 11) is 0. The van der Waals surface area contributed by atoms with Crippen molar-refractivity contribution in [2.75, 3.05) is 24.7 Å². The summed E-state index contributed by atoms with van der Waals surface area (Å²) in [4.78, 5) is 0. The van der Waals surface area contributed by atoms with Crippen LogP contribution in [0, 0.1) is 82.3 Å². The first-order valence-electron chi connectivity index (χ1n) is 26.2. The highest BCUT2D eigenvalue weighted by Gasteiger charge is 2.48. The molecule has 0 aromatic carbocycles. The lowest BCUT2D eigenvalue weighted by Gasteiger charge is -2.49. The van der Waals surface area contributed by atoms with Gasteiger partial charge < -0.3 is 48.1 Å². The number of alkyl halides is 3. The molecule has 10 unspecified atom stereocenters. The molecule has 5 aliphatic rings. The zero-order valence-corrected chi connectivity index (χ0v) is 48.9. The van der Waals surface area contributed by atoms with Crippen LogP contribution in [-0.2, 0) is 37.9 Å². The normalized spacial score (nSPS) is 45.5. The van der Waals surface area contributed by atoms with Crippen LogP contribution in [0.1, 0.15) is 144 Å². The van der Waals surface area contributed by atoms with Crippen LogP contribution in [0.3, 0.4) is 0 Å². The van der Waals surface area contributed by atoms with E-state index in [1.807, 2.05) is 32.5 Å². The molecule has 0 bridgehead atoms. The van der Waals surface area contributed by atoms with E-state index in [0.29, 0.717) is 54.0 Å². The first kappa shape index (κ1) is 63.0. The standard InChI is InChI=1S/C30H56O5S.C12H20Cl3NO2.C10H20O3S/c1-12-24-18(6)16(4)20(8)28(32-24)31-15-26-22(10)27(23(11)30(34-26)36-14-3)35-29-21(9)17(5)19(7)25(13-2)33-29;1-5-9-7(3)6(2)8(4)10(17-9)18-11(16)12(13,14)15;1-4-14-10-7(3)9(12)6(2)8(5-11)13-10/h16-30H,12-15H2,1-11H3;6-10,16H,5H2,1-4H3;6-12H,4-5H2,1-3H3/t16?,17?,18-,19+,20+,21-,22+,23?,24?,25?,26?,27-,28-,29-,30+;6-,7-,8?,9?,10+;6-,7?,8?,9+,10-/m001/s1. The Balaban J connectivity index is 0.000000316. The van der Waals surface area contributed by atoms with Crippen molar-refractivity contribution in [1.29, 1.82) is 5.41 Å². The summed E-state index contributed by atoms with van der Waals surface area (Å²) < 4.78 is 48.2. The quantitative estimate of drug-likeness (QED) is 0.0867. The molecule has 0 spiro atoms. The molecule has 402 valence electrons. The molecular formula is C52H96Cl3NO10S2. The van der Waals surface area contributed by atoms with Gasteiger partial charge in [0.15, 0.2) is 12.6 Å². The first-order chi connectivity index (χ1) is 31.8. The van der Waals surface area contributed by atoms with E-state index in [4.69, 9.17) is 83.2 Å². The number of nitrogens with one attached hydrogen (secondary N) is 1. The second kappa shape index (κ2) is 29.1. The van der Waals surface area contributed by atoms with Gasteiger partial charge in [-0.15, -0.1) is 23.5 Å². The minimum atomic E-state index is -1.84. The molecule has 5 aliphatic heterocycles. The Kier molecular flexibility index (Phi) is 27.0. The van der Waals surface area contributed by atoms with Crippen molar-refractivity contribution in [1.82, 2.24) is 0 Å². The molecule has 0 amide bonds. The van der Waals surface area contributed by atoms with Gasteiger partial charge >= 0.3 is 0 Å². The van der Waals surface area contributed by atoms with E-state index < -0.39 is 10.1 Å². The molecule has 11 nitrogen and oxygen atoms in total. The van der Waals surface area contributed by atoms with Crippen LogP contribution in [0.25, 0.3) is 0 Å². The maximum absolute atomic E-state index is 9.94. The third-order valence-corrected chi connectivity index (χ3v) is 19.9. The van der Waals surface area contributed by atoms with Crippen molar-refractivity contribution in [2.24, 2.45) is 76.9 Å². The van der Waals surface area contributed by atoms with Crippen molar-refractivity contribution in [3.05, 3.63) is 0 Å². The zero-order valence-electron chi connectivity index (χ0n) is 45.0. The average Bonchev–Trinajstić information content (AvgIpc) is 3.31. The summed E-state index contributed by atoms with van der Waals surface area (Å²) in [6.45, 7) is 40.0. The Morgan fingerprint density at radius 1 is 0.500 bits per heavy atom. The number of rotatable bonds is 14.